The largest absolute Gasteiger partial charge is 0.392 e. The molecule has 1 saturated carbocycles. The summed E-state index contributed by atoms with van der Waals surface area (Å²) >= 11 is 0. The Morgan fingerprint density at radius 2 is 1.90 bits per heavy atom. The first-order valence-electron chi connectivity index (χ1n) is 7.17. The standard InChI is InChI=1S/C15H19F2NO2/c16-11-7-10(9-19)8-12(17)15(11)18-5-6-20-14-4-2-1-3-13(14)18/h7-8,13-14,19H,1-6,9H2. The van der Waals surface area contributed by atoms with Crippen LogP contribution in [0.5, 0.6) is 0 Å². The molecule has 2 aliphatic rings. The number of hydrogen-bond donors (Lipinski definition) is 1. The Balaban J connectivity index is 1.94. The summed E-state index contributed by atoms with van der Waals surface area (Å²) < 4.78 is 34.1. The summed E-state index contributed by atoms with van der Waals surface area (Å²) in [5, 5.41) is 9.01. The number of nitrogens with zero attached hydrogens (tertiary/aromatic N) is 1. The van der Waals surface area contributed by atoms with Gasteiger partial charge < -0.3 is 14.7 Å². The van der Waals surface area contributed by atoms with E-state index < -0.39 is 11.6 Å². The Labute approximate surface area is 117 Å². The van der Waals surface area contributed by atoms with E-state index in [-0.39, 0.29) is 30.0 Å². The highest BCUT2D eigenvalue weighted by Crippen LogP contribution is 2.35. The van der Waals surface area contributed by atoms with Crippen molar-refractivity contribution in [3.05, 3.63) is 29.3 Å². The summed E-state index contributed by atoms with van der Waals surface area (Å²) in [5.41, 5.74) is 0.291. The maximum Gasteiger partial charge on any atom is 0.149 e. The molecular formula is C15H19F2NO2. The number of ether oxygens (including phenoxy) is 1. The summed E-state index contributed by atoms with van der Waals surface area (Å²) in [6, 6.07) is 2.48. The highest BCUT2D eigenvalue weighted by molar-refractivity contribution is 5.52. The second-order valence-electron chi connectivity index (χ2n) is 5.52. The minimum atomic E-state index is -0.597. The molecule has 1 heterocycles. The van der Waals surface area contributed by atoms with Crippen molar-refractivity contribution < 1.29 is 18.6 Å². The van der Waals surface area contributed by atoms with Crippen molar-refractivity contribution in [3.8, 4) is 0 Å². The molecule has 2 unspecified atom stereocenters. The van der Waals surface area contributed by atoms with Gasteiger partial charge in [-0.05, 0) is 30.5 Å². The van der Waals surface area contributed by atoms with E-state index in [4.69, 9.17) is 9.84 Å². The molecule has 1 aliphatic carbocycles. The maximum atomic E-state index is 14.2. The Morgan fingerprint density at radius 1 is 1.20 bits per heavy atom. The van der Waals surface area contributed by atoms with Crippen LogP contribution in [0.15, 0.2) is 12.1 Å². The van der Waals surface area contributed by atoms with Gasteiger partial charge in [-0.2, -0.15) is 0 Å². The highest BCUT2D eigenvalue weighted by Gasteiger charge is 2.36. The van der Waals surface area contributed by atoms with E-state index in [1.807, 2.05) is 4.90 Å². The summed E-state index contributed by atoms with van der Waals surface area (Å²) in [7, 11) is 0. The van der Waals surface area contributed by atoms with E-state index in [0.29, 0.717) is 13.2 Å². The van der Waals surface area contributed by atoms with Crippen molar-refractivity contribution >= 4 is 5.69 Å². The van der Waals surface area contributed by atoms with Crippen LogP contribution < -0.4 is 4.90 Å². The van der Waals surface area contributed by atoms with Crippen molar-refractivity contribution in [3.63, 3.8) is 0 Å². The Bertz CT molecular complexity index is 470. The highest BCUT2D eigenvalue weighted by atomic mass is 19.1. The van der Waals surface area contributed by atoms with Crippen LogP contribution in [-0.2, 0) is 11.3 Å². The van der Waals surface area contributed by atoms with Crippen LogP contribution in [0.25, 0.3) is 0 Å². The number of benzene rings is 1. The number of morpholine rings is 1. The molecule has 3 rings (SSSR count). The van der Waals surface area contributed by atoms with Gasteiger partial charge in [0.2, 0.25) is 0 Å². The van der Waals surface area contributed by atoms with Gasteiger partial charge in [0.05, 0.1) is 25.4 Å². The molecule has 1 N–H and O–H groups in total. The first-order chi connectivity index (χ1) is 9.70. The van der Waals surface area contributed by atoms with Gasteiger partial charge in [-0.25, -0.2) is 8.78 Å². The third-order valence-electron chi connectivity index (χ3n) is 4.28. The van der Waals surface area contributed by atoms with Crippen LogP contribution in [0.2, 0.25) is 0 Å². The molecule has 0 aromatic heterocycles. The molecule has 0 spiro atoms. The number of rotatable bonds is 2. The zero-order valence-electron chi connectivity index (χ0n) is 11.3. The Kier molecular flexibility index (Phi) is 3.89. The molecule has 2 atom stereocenters. The minimum Gasteiger partial charge on any atom is -0.392 e. The fourth-order valence-corrected chi connectivity index (χ4v) is 3.36. The molecule has 1 aromatic carbocycles. The number of aliphatic hydroxyl groups excluding tert-OH is 1. The first-order valence-corrected chi connectivity index (χ1v) is 7.17. The van der Waals surface area contributed by atoms with Crippen molar-refractivity contribution in [1.82, 2.24) is 0 Å². The number of aliphatic hydroxyl groups is 1. The molecule has 0 bridgehead atoms. The normalized spacial score (nSPS) is 26.4. The van der Waals surface area contributed by atoms with E-state index in [1.165, 1.54) is 12.1 Å². The van der Waals surface area contributed by atoms with Gasteiger partial charge in [0.25, 0.3) is 0 Å². The van der Waals surface area contributed by atoms with Gasteiger partial charge in [-0.3, -0.25) is 0 Å². The van der Waals surface area contributed by atoms with Gasteiger partial charge in [0, 0.05) is 6.54 Å². The Morgan fingerprint density at radius 3 is 2.60 bits per heavy atom. The van der Waals surface area contributed by atoms with Crippen molar-refractivity contribution in [1.29, 1.82) is 0 Å². The van der Waals surface area contributed by atoms with E-state index in [9.17, 15) is 8.78 Å². The quantitative estimate of drug-likeness (QED) is 0.905. The molecule has 20 heavy (non-hydrogen) atoms. The predicted octanol–water partition coefficient (Wildman–Crippen LogP) is 2.60. The van der Waals surface area contributed by atoms with Crippen LogP contribution in [0.1, 0.15) is 31.2 Å². The average Bonchev–Trinajstić information content (AvgIpc) is 2.46. The van der Waals surface area contributed by atoms with Crippen LogP contribution >= 0.6 is 0 Å². The summed E-state index contributed by atoms with van der Waals surface area (Å²) in [6.45, 7) is 0.651. The zero-order valence-corrected chi connectivity index (χ0v) is 11.3. The molecular weight excluding hydrogens is 264 g/mol. The second-order valence-corrected chi connectivity index (χ2v) is 5.52. The van der Waals surface area contributed by atoms with Crippen molar-refractivity contribution in [2.24, 2.45) is 0 Å². The smallest absolute Gasteiger partial charge is 0.149 e. The van der Waals surface area contributed by atoms with E-state index >= 15 is 0 Å². The van der Waals surface area contributed by atoms with E-state index in [2.05, 4.69) is 0 Å². The number of fused-ring (bicyclic) bond motifs is 1. The zero-order chi connectivity index (χ0) is 14.1. The van der Waals surface area contributed by atoms with Crippen molar-refractivity contribution in [2.45, 2.75) is 44.4 Å². The lowest BCUT2D eigenvalue weighted by molar-refractivity contribution is -0.00916. The fraction of sp³-hybridized carbons (Fsp3) is 0.600. The lowest BCUT2D eigenvalue weighted by Crippen LogP contribution is -2.53. The fourth-order valence-electron chi connectivity index (χ4n) is 3.36. The first kappa shape index (κ1) is 13.8. The summed E-state index contributed by atoms with van der Waals surface area (Å²) in [6.07, 6.45) is 4.13. The monoisotopic (exact) mass is 283 g/mol. The van der Waals surface area contributed by atoms with E-state index in [1.54, 1.807) is 0 Å². The third kappa shape index (κ3) is 2.40. The molecule has 110 valence electrons. The van der Waals surface area contributed by atoms with E-state index in [0.717, 1.165) is 25.7 Å². The summed E-state index contributed by atoms with van der Waals surface area (Å²) in [4.78, 5) is 1.82. The van der Waals surface area contributed by atoms with Crippen molar-refractivity contribution in [2.75, 3.05) is 18.1 Å². The van der Waals surface area contributed by atoms with Crippen LogP contribution in [-0.4, -0.2) is 30.4 Å². The second kappa shape index (κ2) is 5.66. The molecule has 0 radical (unpaired) electrons. The molecule has 0 amide bonds. The molecule has 1 saturated heterocycles. The Hall–Kier alpha value is -1.20. The van der Waals surface area contributed by atoms with Crippen LogP contribution in [0.4, 0.5) is 14.5 Å². The molecule has 1 aromatic rings. The lowest BCUT2D eigenvalue weighted by Gasteiger charge is -2.45. The lowest BCUT2D eigenvalue weighted by atomic mass is 9.89. The summed E-state index contributed by atoms with van der Waals surface area (Å²) in [5.74, 6) is -1.19. The third-order valence-corrected chi connectivity index (χ3v) is 4.28. The average molecular weight is 283 g/mol. The predicted molar refractivity (Wildman–Crippen MR) is 71.6 cm³/mol. The van der Waals surface area contributed by atoms with Gasteiger partial charge in [-0.15, -0.1) is 0 Å². The van der Waals surface area contributed by atoms with Crippen LogP contribution in [0.3, 0.4) is 0 Å². The van der Waals surface area contributed by atoms with Crippen LogP contribution in [0, 0.1) is 11.6 Å². The minimum absolute atomic E-state index is 0.0300. The molecule has 5 heteroatoms. The van der Waals surface area contributed by atoms with Gasteiger partial charge in [-0.1, -0.05) is 12.8 Å². The molecule has 3 nitrogen and oxygen atoms in total. The SMILES string of the molecule is OCc1cc(F)c(N2CCOC3CCCCC32)c(F)c1. The molecule has 2 fully saturated rings. The van der Waals surface area contributed by atoms with Gasteiger partial charge in [0.1, 0.15) is 17.3 Å². The number of hydrogen-bond acceptors (Lipinski definition) is 3. The maximum absolute atomic E-state index is 14.2. The number of halogens is 2. The van der Waals surface area contributed by atoms with Gasteiger partial charge >= 0.3 is 0 Å². The number of anilines is 1. The van der Waals surface area contributed by atoms with Gasteiger partial charge in [0.15, 0.2) is 0 Å². The topological polar surface area (TPSA) is 32.7 Å². The molecule has 1 aliphatic heterocycles.